The quantitative estimate of drug-likeness (QED) is 0.889. The normalized spacial score (nSPS) is 10.5. The van der Waals surface area contributed by atoms with Crippen molar-refractivity contribution >= 4 is 5.97 Å². The summed E-state index contributed by atoms with van der Waals surface area (Å²) >= 11 is 0. The number of nitrogens with zero attached hydrogens (tertiary/aromatic N) is 1. The topological polar surface area (TPSA) is 75.2 Å². The number of H-pyrrole nitrogens is 1. The van der Waals surface area contributed by atoms with E-state index in [0.29, 0.717) is 22.8 Å². The number of rotatable bonds is 3. The molecule has 2 aromatic rings. The second-order valence-corrected chi connectivity index (χ2v) is 4.51. The maximum Gasteiger partial charge on any atom is 0.354 e. The van der Waals surface area contributed by atoms with Crippen LogP contribution in [-0.2, 0) is 0 Å². The van der Waals surface area contributed by atoms with Crippen molar-refractivity contribution in [1.82, 2.24) is 9.97 Å². The van der Waals surface area contributed by atoms with Gasteiger partial charge in [0, 0.05) is 5.56 Å². The highest BCUT2D eigenvalue weighted by Crippen LogP contribution is 2.34. The summed E-state index contributed by atoms with van der Waals surface area (Å²) in [6.07, 6.45) is 0. The van der Waals surface area contributed by atoms with Gasteiger partial charge in [-0.3, -0.25) is 0 Å². The Morgan fingerprint density at radius 3 is 2.58 bits per heavy atom. The van der Waals surface area contributed by atoms with Gasteiger partial charge in [0.05, 0.1) is 7.11 Å². The van der Waals surface area contributed by atoms with Crippen molar-refractivity contribution < 1.29 is 14.6 Å². The number of aromatic nitrogens is 2. The maximum absolute atomic E-state index is 11.3. The molecule has 19 heavy (non-hydrogen) atoms. The van der Waals surface area contributed by atoms with Gasteiger partial charge in [0.2, 0.25) is 0 Å². The lowest BCUT2D eigenvalue weighted by molar-refractivity contribution is 0.0692. The van der Waals surface area contributed by atoms with Crippen molar-refractivity contribution in [2.24, 2.45) is 0 Å². The van der Waals surface area contributed by atoms with Gasteiger partial charge in [0.15, 0.2) is 5.69 Å². The first-order valence-electron chi connectivity index (χ1n) is 5.89. The van der Waals surface area contributed by atoms with Crippen molar-refractivity contribution in [1.29, 1.82) is 0 Å². The van der Waals surface area contributed by atoms with Gasteiger partial charge in [0.25, 0.3) is 0 Å². The number of benzene rings is 1. The van der Waals surface area contributed by atoms with Crippen LogP contribution < -0.4 is 4.74 Å². The number of hydrogen-bond acceptors (Lipinski definition) is 3. The van der Waals surface area contributed by atoms with Crippen LogP contribution in [0.1, 0.15) is 27.4 Å². The van der Waals surface area contributed by atoms with Crippen LogP contribution in [0.15, 0.2) is 12.1 Å². The molecule has 0 aliphatic carbocycles. The van der Waals surface area contributed by atoms with E-state index in [9.17, 15) is 9.90 Å². The standard InChI is InChI=1S/C14H16N2O3/c1-7-5-8(2)13(19-4)10(6-7)11-12(14(17)18)16-9(3)15-11/h5-6H,1-4H3,(H,15,16)(H,17,18). The summed E-state index contributed by atoms with van der Waals surface area (Å²) in [7, 11) is 1.57. The number of ether oxygens (including phenoxy) is 1. The number of aromatic carboxylic acids is 1. The summed E-state index contributed by atoms with van der Waals surface area (Å²) in [5.41, 5.74) is 3.18. The highest BCUT2D eigenvalue weighted by atomic mass is 16.5. The minimum atomic E-state index is -1.03. The highest BCUT2D eigenvalue weighted by molar-refractivity contribution is 5.94. The van der Waals surface area contributed by atoms with Crippen LogP contribution in [0.3, 0.4) is 0 Å². The zero-order valence-corrected chi connectivity index (χ0v) is 11.4. The lowest BCUT2D eigenvalue weighted by Gasteiger charge is -2.11. The average molecular weight is 260 g/mol. The van der Waals surface area contributed by atoms with E-state index in [4.69, 9.17) is 4.74 Å². The van der Waals surface area contributed by atoms with Crippen molar-refractivity contribution in [2.75, 3.05) is 7.11 Å². The second-order valence-electron chi connectivity index (χ2n) is 4.51. The molecule has 2 rings (SSSR count). The fourth-order valence-electron chi connectivity index (χ4n) is 2.24. The molecule has 1 heterocycles. The van der Waals surface area contributed by atoms with Crippen molar-refractivity contribution in [2.45, 2.75) is 20.8 Å². The van der Waals surface area contributed by atoms with E-state index >= 15 is 0 Å². The molecular weight excluding hydrogens is 244 g/mol. The third-order valence-corrected chi connectivity index (χ3v) is 2.91. The van der Waals surface area contributed by atoms with E-state index in [1.54, 1.807) is 14.0 Å². The summed E-state index contributed by atoms with van der Waals surface area (Å²) in [6.45, 7) is 5.61. The fourth-order valence-corrected chi connectivity index (χ4v) is 2.24. The van der Waals surface area contributed by atoms with E-state index in [1.807, 2.05) is 26.0 Å². The first-order chi connectivity index (χ1) is 8.93. The molecule has 0 aliphatic heterocycles. The smallest absolute Gasteiger partial charge is 0.354 e. The largest absolute Gasteiger partial charge is 0.496 e. The number of nitrogens with one attached hydrogen (secondary N) is 1. The van der Waals surface area contributed by atoms with E-state index in [1.165, 1.54) is 0 Å². The number of imidazole rings is 1. The van der Waals surface area contributed by atoms with Gasteiger partial charge in [-0.05, 0) is 38.0 Å². The number of methoxy groups -OCH3 is 1. The third-order valence-electron chi connectivity index (χ3n) is 2.91. The molecule has 100 valence electrons. The van der Waals surface area contributed by atoms with Crippen LogP contribution in [-0.4, -0.2) is 28.2 Å². The van der Waals surface area contributed by atoms with Crippen molar-refractivity contribution in [3.8, 4) is 17.0 Å². The third kappa shape index (κ3) is 2.31. The summed E-state index contributed by atoms with van der Waals surface area (Å²) in [4.78, 5) is 18.3. The molecule has 5 nitrogen and oxygen atoms in total. The van der Waals surface area contributed by atoms with Crippen LogP contribution in [0, 0.1) is 20.8 Å². The number of aryl methyl sites for hydroxylation is 3. The highest BCUT2D eigenvalue weighted by Gasteiger charge is 2.20. The Balaban J connectivity index is 2.74. The minimum Gasteiger partial charge on any atom is -0.496 e. The molecular formula is C14H16N2O3. The van der Waals surface area contributed by atoms with Crippen LogP contribution >= 0.6 is 0 Å². The predicted octanol–water partition coefficient (Wildman–Crippen LogP) is 2.71. The van der Waals surface area contributed by atoms with Gasteiger partial charge in [-0.25, -0.2) is 9.78 Å². The summed E-state index contributed by atoms with van der Waals surface area (Å²) < 4.78 is 5.38. The lowest BCUT2D eigenvalue weighted by Crippen LogP contribution is -2.01. The Labute approximate surface area is 111 Å². The number of carboxylic acids is 1. The molecule has 1 aromatic heterocycles. The van der Waals surface area contributed by atoms with Gasteiger partial charge in [-0.15, -0.1) is 0 Å². The van der Waals surface area contributed by atoms with Gasteiger partial charge in [0.1, 0.15) is 17.3 Å². The van der Waals surface area contributed by atoms with Crippen molar-refractivity contribution in [3.05, 3.63) is 34.8 Å². The molecule has 0 amide bonds. The predicted molar refractivity (Wildman–Crippen MR) is 71.7 cm³/mol. The van der Waals surface area contributed by atoms with E-state index < -0.39 is 5.97 Å². The number of carboxylic acid groups (broad SMARTS) is 1. The monoisotopic (exact) mass is 260 g/mol. The summed E-state index contributed by atoms with van der Waals surface area (Å²) in [5.74, 6) is 0.185. The Hall–Kier alpha value is -2.30. The zero-order chi connectivity index (χ0) is 14.2. The summed E-state index contributed by atoms with van der Waals surface area (Å²) in [5, 5.41) is 9.23. The fraction of sp³-hybridized carbons (Fsp3) is 0.286. The number of hydrogen-bond donors (Lipinski definition) is 2. The number of aromatic amines is 1. The molecule has 0 unspecified atom stereocenters. The first-order valence-corrected chi connectivity index (χ1v) is 5.89. The molecule has 1 aromatic carbocycles. The van der Waals surface area contributed by atoms with Crippen LogP contribution in [0.5, 0.6) is 5.75 Å². The van der Waals surface area contributed by atoms with Gasteiger partial charge in [-0.2, -0.15) is 0 Å². The molecule has 0 saturated heterocycles. The van der Waals surface area contributed by atoms with E-state index in [0.717, 1.165) is 11.1 Å². The molecule has 2 N–H and O–H groups in total. The Kier molecular flexibility index (Phi) is 3.29. The van der Waals surface area contributed by atoms with E-state index in [2.05, 4.69) is 9.97 Å². The zero-order valence-electron chi connectivity index (χ0n) is 11.4. The molecule has 0 saturated carbocycles. The van der Waals surface area contributed by atoms with Gasteiger partial charge < -0.3 is 14.8 Å². The Morgan fingerprint density at radius 2 is 2.00 bits per heavy atom. The Bertz CT molecular complexity index is 644. The molecule has 0 aliphatic rings. The molecule has 5 heteroatoms. The first kappa shape index (κ1) is 13.1. The van der Waals surface area contributed by atoms with Crippen LogP contribution in [0.4, 0.5) is 0 Å². The summed E-state index contributed by atoms with van der Waals surface area (Å²) in [6, 6.07) is 3.87. The molecule has 0 radical (unpaired) electrons. The minimum absolute atomic E-state index is 0.0841. The van der Waals surface area contributed by atoms with Crippen molar-refractivity contribution in [3.63, 3.8) is 0 Å². The molecule has 0 fully saturated rings. The van der Waals surface area contributed by atoms with E-state index in [-0.39, 0.29) is 5.69 Å². The number of carbonyl (C=O) groups is 1. The van der Waals surface area contributed by atoms with Gasteiger partial charge >= 0.3 is 5.97 Å². The average Bonchev–Trinajstić information content (AvgIpc) is 2.70. The van der Waals surface area contributed by atoms with Gasteiger partial charge in [-0.1, -0.05) is 6.07 Å². The Morgan fingerprint density at radius 1 is 1.32 bits per heavy atom. The molecule has 0 atom stereocenters. The molecule has 0 bridgehead atoms. The molecule has 0 spiro atoms. The van der Waals surface area contributed by atoms with Crippen LogP contribution in [0.25, 0.3) is 11.3 Å². The lowest BCUT2D eigenvalue weighted by atomic mass is 10.0. The van der Waals surface area contributed by atoms with Crippen LogP contribution in [0.2, 0.25) is 0 Å². The SMILES string of the molecule is COc1c(C)cc(C)cc1-c1nc(C)[nH]c1C(=O)O. The second kappa shape index (κ2) is 4.76. The maximum atomic E-state index is 11.3.